The zero-order chi connectivity index (χ0) is 42.6. The van der Waals surface area contributed by atoms with Gasteiger partial charge in [0, 0.05) is 68.3 Å². The molecule has 2 aliphatic heterocycles. The Morgan fingerprint density at radius 2 is 1.33 bits per heavy atom. The average Bonchev–Trinajstić information content (AvgIpc) is 3.93. The molecule has 6 atom stereocenters. The van der Waals surface area contributed by atoms with Crippen LogP contribution in [0.3, 0.4) is 0 Å². The second-order valence-electron chi connectivity index (χ2n) is 13.5. The highest BCUT2D eigenvalue weighted by Crippen LogP contribution is 2.23. The maximum atomic E-state index is 13.8. The number of nitrogens with zero attached hydrogens (tertiary/aromatic N) is 2. The Morgan fingerprint density at radius 1 is 0.807 bits per heavy atom. The number of hydrogen-bond acceptors (Lipinski definition) is 9. The van der Waals surface area contributed by atoms with Crippen molar-refractivity contribution < 1.29 is 28.8 Å². The van der Waals surface area contributed by atoms with Crippen molar-refractivity contribution >= 4 is 36.3 Å². The summed E-state index contributed by atoms with van der Waals surface area (Å²) in [5, 5.41) is 15.2. The molecule has 14 nitrogen and oxygen atoms in total. The minimum absolute atomic E-state index is 0.00774. The van der Waals surface area contributed by atoms with Gasteiger partial charge in [-0.05, 0) is 72.8 Å². The van der Waals surface area contributed by atoms with E-state index in [1.807, 2.05) is 67.2 Å². The zero-order valence-electron chi connectivity index (χ0n) is 34.3. The van der Waals surface area contributed by atoms with Gasteiger partial charge in [0.25, 0.3) is 5.91 Å². The lowest BCUT2D eigenvalue weighted by molar-refractivity contribution is -0.137. The number of rotatable bonds is 15. The quantitative estimate of drug-likeness (QED) is 0.0891. The van der Waals surface area contributed by atoms with Gasteiger partial charge in [-0.2, -0.15) is 0 Å². The second-order valence-corrected chi connectivity index (χ2v) is 13.5. The molecule has 0 spiro atoms. The van der Waals surface area contributed by atoms with Crippen LogP contribution in [0.2, 0.25) is 0 Å². The highest BCUT2D eigenvalue weighted by Gasteiger charge is 2.36. The third-order valence-corrected chi connectivity index (χ3v) is 9.80. The standard InChI is InChI=1S/C33H51N7O4.C7H6O.C2H4.CH3NO/c1-23(35-4)28(32(43)39-19-12-16-27(39)22-37-31(42)25-13-7-6-8-14-25)17-9-10-18-29(38-30(41)24(2)36-5)33(44)40-20-11-15-26(40)21-34-3;8-6-7-4-2-1-3-5-7;1-2;2-1-3/h6-8,13-14,23-24,26-29,34-36H,11-12,15-22H2,1-5H3,(H,37,42)(H,38,41);1-6H;1-2H2;1H,(H2,2,3)/t23-,24-,26?,27?,28?,29?;;;/m0.../s1. The molecular weight excluding hydrogens is 725 g/mol. The summed E-state index contributed by atoms with van der Waals surface area (Å²) in [5.41, 5.74) is 5.49. The van der Waals surface area contributed by atoms with Crippen LogP contribution in [0.15, 0.2) is 73.8 Å². The first-order chi connectivity index (χ1) is 27.6. The average molecular weight is 789 g/mol. The monoisotopic (exact) mass is 788 g/mol. The summed E-state index contributed by atoms with van der Waals surface area (Å²) < 4.78 is 0. The van der Waals surface area contributed by atoms with Crippen LogP contribution >= 0.6 is 0 Å². The van der Waals surface area contributed by atoms with E-state index in [1.165, 1.54) is 0 Å². The molecule has 2 aliphatic rings. The van der Waals surface area contributed by atoms with Gasteiger partial charge in [0.1, 0.15) is 12.3 Å². The Bertz CT molecular complexity index is 1570. The number of aldehydes is 1. The first kappa shape index (κ1) is 49.7. The molecule has 0 aliphatic carbocycles. The van der Waals surface area contributed by atoms with E-state index in [-0.39, 0.29) is 54.6 Å². The lowest BCUT2D eigenvalue weighted by Gasteiger charge is -2.31. The van der Waals surface area contributed by atoms with Gasteiger partial charge in [0.05, 0.1) is 12.0 Å². The van der Waals surface area contributed by atoms with Gasteiger partial charge in [-0.25, -0.2) is 0 Å². The predicted octanol–water partition coefficient (Wildman–Crippen LogP) is 2.12. The van der Waals surface area contributed by atoms with E-state index in [1.54, 1.807) is 38.2 Å². The molecule has 5 amide bonds. The van der Waals surface area contributed by atoms with Crippen LogP contribution < -0.4 is 32.3 Å². The number of amides is 5. The highest BCUT2D eigenvalue weighted by atomic mass is 16.2. The number of hydrogen-bond donors (Lipinski definition) is 6. The molecule has 2 aromatic rings. The van der Waals surface area contributed by atoms with Crippen molar-refractivity contribution in [2.45, 2.75) is 82.6 Å². The summed E-state index contributed by atoms with van der Waals surface area (Å²) in [5.74, 6) is 5.36. The summed E-state index contributed by atoms with van der Waals surface area (Å²) in [6.45, 7) is 12.1. The summed E-state index contributed by atoms with van der Waals surface area (Å²) in [6, 6.07) is 16.8. The van der Waals surface area contributed by atoms with E-state index >= 15 is 0 Å². The van der Waals surface area contributed by atoms with Gasteiger partial charge >= 0.3 is 0 Å². The Morgan fingerprint density at radius 3 is 1.84 bits per heavy atom. The molecule has 0 saturated carbocycles. The van der Waals surface area contributed by atoms with E-state index in [9.17, 15) is 24.0 Å². The van der Waals surface area contributed by atoms with E-state index < -0.39 is 18.0 Å². The Kier molecular flexibility index (Phi) is 25.2. The van der Waals surface area contributed by atoms with Gasteiger partial charge in [0.15, 0.2) is 0 Å². The molecule has 2 saturated heterocycles. The fourth-order valence-electron chi connectivity index (χ4n) is 6.42. The van der Waals surface area contributed by atoms with E-state index in [2.05, 4.69) is 57.3 Å². The van der Waals surface area contributed by atoms with Crippen molar-refractivity contribution in [1.29, 1.82) is 0 Å². The smallest absolute Gasteiger partial charge is 0.251 e. The van der Waals surface area contributed by atoms with E-state index in [0.29, 0.717) is 38.2 Å². The summed E-state index contributed by atoms with van der Waals surface area (Å²) in [6.07, 6.45) is 5.11. The predicted molar refractivity (Wildman–Crippen MR) is 225 cm³/mol. The van der Waals surface area contributed by atoms with Crippen LogP contribution in [0.5, 0.6) is 0 Å². The second kappa shape index (κ2) is 29.0. The van der Waals surface area contributed by atoms with Gasteiger partial charge in [-0.15, -0.1) is 25.0 Å². The number of likely N-dealkylation sites (tertiary alicyclic amines) is 2. The van der Waals surface area contributed by atoms with Crippen LogP contribution in [0.1, 0.15) is 73.1 Å². The molecular formula is C43H64N8O6. The summed E-state index contributed by atoms with van der Waals surface area (Å²) >= 11 is 0. The Hall–Kier alpha value is -5.36. The number of carbonyl (C=O) groups excluding carboxylic acids is 6. The maximum Gasteiger partial charge on any atom is 0.251 e. The maximum absolute atomic E-state index is 13.8. The number of benzene rings is 2. The van der Waals surface area contributed by atoms with Crippen LogP contribution in [0.25, 0.3) is 0 Å². The molecule has 14 heteroatoms. The van der Waals surface area contributed by atoms with Gasteiger partial charge in [-0.1, -0.05) is 48.5 Å². The minimum Gasteiger partial charge on any atom is -0.372 e. The van der Waals surface area contributed by atoms with E-state index in [0.717, 1.165) is 37.5 Å². The highest BCUT2D eigenvalue weighted by molar-refractivity contribution is 5.94. The molecule has 0 radical (unpaired) electrons. The third-order valence-electron chi connectivity index (χ3n) is 9.80. The van der Waals surface area contributed by atoms with Crippen LogP contribution in [-0.2, 0) is 19.2 Å². The fraction of sp³-hybridized carbons (Fsp3) is 0.488. The number of primary amides is 1. The van der Waals surface area contributed by atoms with Gasteiger partial charge in [-0.3, -0.25) is 28.8 Å². The normalized spacial score (nSPS) is 17.4. The summed E-state index contributed by atoms with van der Waals surface area (Å²) in [7, 11) is 5.40. The molecule has 4 rings (SSSR count). The van der Waals surface area contributed by atoms with Crippen LogP contribution in [0.4, 0.5) is 0 Å². The molecule has 2 aromatic carbocycles. The van der Waals surface area contributed by atoms with Crippen molar-refractivity contribution in [3.8, 4) is 11.8 Å². The minimum atomic E-state index is -0.768. The SMILES string of the molecule is C=C.CNCC1CCCN1C(=O)C(CC#CCC(C(=O)N1CCCC1CNC(=O)c1ccccc1)[C@H](C)NC)NC(=O)[C@H](C)NC.NC=O.O=Cc1ccccc1. The van der Waals surface area contributed by atoms with Crippen molar-refractivity contribution in [3.05, 3.63) is 84.9 Å². The molecule has 57 heavy (non-hydrogen) atoms. The number of nitrogens with two attached hydrogens (primary N) is 1. The molecule has 2 heterocycles. The Balaban J connectivity index is 0.00000107. The lowest BCUT2D eigenvalue weighted by Crippen LogP contribution is -2.54. The molecule has 4 unspecified atom stereocenters. The fourth-order valence-corrected chi connectivity index (χ4v) is 6.42. The van der Waals surface area contributed by atoms with Crippen molar-refractivity contribution in [2.75, 3.05) is 47.3 Å². The number of carbonyl (C=O) groups is 6. The first-order valence-electron chi connectivity index (χ1n) is 19.4. The molecule has 2 fully saturated rings. The Labute approximate surface area is 339 Å². The van der Waals surface area contributed by atoms with Crippen LogP contribution in [-0.4, -0.2) is 124 Å². The summed E-state index contributed by atoms with van der Waals surface area (Å²) in [4.78, 5) is 75.0. The molecule has 0 aromatic heterocycles. The van der Waals surface area contributed by atoms with Crippen molar-refractivity contribution in [2.24, 2.45) is 11.7 Å². The number of likely N-dealkylation sites (N-methyl/N-ethyl adjacent to an activating group) is 2. The number of nitrogens with one attached hydrogen (secondary N) is 5. The largest absolute Gasteiger partial charge is 0.372 e. The van der Waals surface area contributed by atoms with Crippen molar-refractivity contribution in [3.63, 3.8) is 0 Å². The third kappa shape index (κ3) is 17.1. The molecule has 312 valence electrons. The van der Waals surface area contributed by atoms with Crippen molar-refractivity contribution in [1.82, 2.24) is 36.4 Å². The molecule has 7 N–H and O–H groups in total. The van der Waals surface area contributed by atoms with E-state index in [4.69, 9.17) is 4.79 Å². The van der Waals surface area contributed by atoms with Crippen LogP contribution in [0, 0.1) is 17.8 Å². The zero-order valence-corrected chi connectivity index (χ0v) is 34.3. The topological polar surface area (TPSA) is 195 Å². The van der Waals surface area contributed by atoms with Gasteiger partial charge in [0.2, 0.25) is 24.1 Å². The lowest BCUT2D eigenvalue weighted by atomic mass is 9.95. The molecule has 0 bridgehead atoms. The van der Waals surface area contributed by atoms with Gasteiger partial charge < -0.3 is 42.1 Å². The first-order valence-corrected chi connectivity index (χ1v) is 19.4.